The highest BCUT2D eigenvalue weighted by atomic mass is 16.1. The molecule has 22 heavy (non-hydrogen) atoms. The third kappa shape index (κ3) is 2.23. The summed E-state index contributed by atoms with van der Waals surface area (Å²) in [6.45, 7) is 4.32. The van der Waals surface area contributed by atoms with Crippen LogP contribution < -0.4 is 5.56 Å². The molecule has 2 N–H and O–H groups in total. The largest absolute Gasteiger partial charge is 0.361 e. The number of aromatic amines is 2. The maximum Gasteiger partial charge on any atom is 0.254 e. The van der Waals surface area contributed by atoms with Crippen LogP contribution >= 0.6 is 0 Å². The van der Waals surface area contributed by atoms with Crippen molar-refractivity contribution in [3.8, 4) is 0 Å². The Morgan fingerprint density at radius 1 is 1.32 bits per heavy atom. The molecule has 0 bridgehead atoms. The first-order chi connectivity index (χ1) is 10.7. The standard InChI is InChI=1S/C17H18N4O/c1-11-19-15-10-21(8-6-14(15)17(22)20-11)9-13-4-2-3-12-5-7-18-16(12)13/h2-5,7,18H,6,8-10H2,1H3,(H,19,20,22). The molecule has 0 atom stereocenters. The van der Waals surface area contributed by atoms with Crippen molar-refractivity contribution in [3.05, 3.63) is 63.5 Å². The van der Waals surface area contributed by atoms with E-state index < -0.39 is 0 Å². The highest BCUT2D eigenvalue weighted by molar-refractivity contribution is 5.82. The van der Waals surface area contributed by atoms with Gasteiger partial charge in [-0.1, -0.05) is 18.2 Å². The summed E-state index contributed by atoms with van der Waals surface area (Å²) in [4.78, 5) is 24.9. The first kappa shape index (κ1) is 13.3. The van der Waals surface area contributed by atoms with Gasteiger partial charge in [-0.2, -0.15) is 0 Å². The van der Waals surface area contributed by atoms with Crippen LogP contribution in [0.1, 0.15) is 22.6 Å². The summed E-state index contributed by atoms with van der Waals surface area (Å²) in [5.74, 6) is 0.692. The molecule has 1 aromatic carbocycles. The summed E-state index contributed by atoms with van der Waals surface area (Å²) < 4.78 is 0. The first-order valence-corrected chi connectivity index (χ1v) is 7.57. The summed E-state index contributed by atoms with van der Waals surface area (Å²) in [6, 6.07) is 8.46. The van der Waals surface area contributed by atoms with E-state index >= 15 is 0 Å². The van der Waals surface area contributed by atoms with E-state index in [1.54, 1.807) is 0 Å². The normalized spacial score (nSPS) is 15.1. The smallest absolute Gasteiger partial charge is 0.254 e. The molecule has 0 unspecified atom stereocenters. The zero-order valence-corrected chi connectivity index (χ0v) is 12.5. The van der Waals surface area contributed by atoms with Gasteiger partial charge < -0.3 is 9.97 Å². The molecule has 0 saturated heterocycles. The minimum atomic E-state index is 0.0219. The summed E-state index contributed by atoms with van der Waals surface area (Å²) in [7, 11) is 0. The number of nitrogens with one attached hydrogen (secondary N) is 2. The van der Waals surface area contributed by atoms with E-state index in [0.717, 1.165) is 37.3 Å². The predicted molar refractivity (Wildman–Crippen MR) is 85.7 cm³/mol. The molecule has 3 heterocycles. The molecule has 5 heteroatoms. The number of aromatic nitrogens is 3. The number of hydrogen-bond acceptors (Lipinski definition) is 3. The molecule has 1 aliphatic rings. The van der Waals surface area contributed by atoms with Crippen LogP contribution in [0.3, 0.4) is 0 Å². The Balaban J connectivity index is 1.63. The van der Waals surface area contributed by atoms with Crippen molar-refractivity contribution < 1.29 is 0 Å². The fourth-order valence-corrected chi connectivity index (χ4v) is 3.28. The second-order valence-corrected chi connectivity index (χ2v) is 5.90. The average Bonchev–Trinajstić information content (AvgIpc) is 2.96. The Hall–Kier alpha value is -2.40. The number of fused-ring (bicyclic) bond motifs is 2. The molecule has 0 amide bonds. The van der Waals surface area contributed by atoms with Crippen molar-refractivity contribution in [2.45, 2.75) is 26.4 Å². The van der Waals surface area contributed by atoms with Gasteiger partial charge in [0.05, 0.1) is 5.69 Å². The van der Waals surface area contributed by atoms with Crippen LogP contribution in [0, 0.1) is 6.92 Å². The third-order valence-corrected chi connectivity index (χ3v) is 4.34. The van der Waals surface area contributed by atoms with Crippen molar-refractivity contribution in [2.75, 3.05) is 6.54 Å². The Labute approximate surface area is 128 Å². The van der Waals surface area contributed by atoms with Crippen molar-refractivity contribution in [2.24, 2.45) is 0 Å². The Morgan fingerprint density at radius 3 is 3.14 bits per heavy atom. The zero-order chi connectivity index (χ0) is 15.1. The minimum absolute atomic E-state index is 0.0219. The lowest BCUT2D eigenvalue weighted by molar-refractivity contribution is 0.241. The molecule has 2 aromatic heterocycles. The van der Waals surface area contributed by atoms with E-state index in [1.807, 2.05) is 13.1 Å². The molecule has 0 fully saturated rings. The molecule has 3 aromatic rings. The molecule has 0 spiro atoms. The average molecular weight is 294 g/mol. The molecule has 1 aliphatic heterocycles. The quantitative estimate of drug-likeness (QED) is 0.761. The van der Waals surface area contributed by atoms with E-state index in [1.165, 1.54) is 16.5 Å². The molecule has 0 aliphatic carbocycles. The molecular formula is C17H18N4O. The predicted octanol–water partition coefficient (Wildman–Crippen LogP) is 2.12. The van der Waals surface area contributed by atoms with Crippen LogP contribution in [0.4, 0.5) is 0 Å². The maximum atomic E-state index is 12.0. The second-order valence-electron chi connectivity index (χ2n) is 5.90. The summed E-state index contributed by atoms with van der Waals surface area (Å²) in [5.41, 5.74) is 4.27. The zero-order valence-electron chi connectivity index (χ0n) is 12.5. The fraction of sp³-hybridized carbons (Fsp3) is 0.294. The maximum absolute atomic E-state index is 12.0. The minimum Gasteiger partial charge on any atom is -0.361 e. The van der Waals surface area contributed by atoms with Crippen LogP contribution in [0.15, 0.2) is 35.3 Å². The Kier molecular flexibility index (Phi) is 3.08. The SMILES string of the molecule is Cc1nc2c(c(=O)[nH]1)CCN(Cc1cccc3cc[nH]c13)C2. The Bertz CT molecular complexity index is 893. The third-order valence-electron chi connectivity index (χ3n) is 4.34. The van der Waals surface area contributed by atoms with Gasteiger partial charge >= 0.3 is 0 Å². The number of H-pyrrole nitrogens is 2. The number of hydrogen-bond donors (Lipinski definition) is 2. The molecular weight excluding hydrogens is 276 g/mol. The summed E-state index contributed by atoms with van der Waals surface area (Å²) >= 11 is 0. The van der Waals surface area contributed by atoms with E-state index in [0.29, 0.717) is 5.82 Å². The van der Waals surface area contributed by atoms with Gasteiger partial charge in [0.1, 0.15) is 5.82 Å². The molecule has 0 saturated carbocycles. The molecule has 5 nitrogen and oxygen atoms in total. The number of aryl methyl sites for hydroxylation is 1. The molecule has 0 radical (unpaired) electrons. The number of para-hydroxylation sites is 1. The van der Waals surface area contributed by atoms with Crippen molar-refractivity contribution >= 4 is 10.9 Å². The van der Waals surface area contributed by atoms with Gasteiger partial charge in [-0.3, -0.25) is 9.69 Å². The van der Waals surface area contributed by atoms with Crippen LogP contribution in [-0.2, 0) is 19.5 Å². The van der Waals surface area contributed by atoms with Crippen LogP contribution in [0.2, 0.25) is 0 Å². The van der Waals surface area contributed by atoms with Crippen LogP contribution in [0.5, 0.6) is 0 Å². The molecule has 4 rings (SSSR count). The van der Waals surface area contributed by atoms with Gasteiger partial charge in [0.2, 0.25) is 0 Å². The van der Waals surface area contributed by atoms with Gasteiger partial charge in [0, 0.05) is 36.9 Å². The molecule has 112 valence electrons. The van der Waals surface area contributed by atoms with Crippen LogP contribution in [-0.4, -0.2) is 26.4 Å². The Morgan fingerprint density at radius 2 is 2.23 bits per heavy atom. The van der Waals surface area contributed by atoms with Gasteiger partial charge in [-0.15, -0.1) is 0 Å². The number of benzene rings is 1. The summed E-state index contributed by atoms with van der Waals surface area (Å²) in [5, 5.41) is 1.24. The number of nitrogens with zero attached hydrogens (tertiary/aromatic N) is 2. The van der Waals surface area contributed by atoms with Gasteiger partial charge in [-0.05, 0) is 30.4 Å². The second kappa shape index (κ2) is 5.10. The highest BCUT2D eigenvalue weighted by Gasteiger charge is 2.21. The van der Waals surface area contributed by atoms with Crippen molar-refractivity contribution in [1.29, 1.82) is 0 Å². The van der Waals surface area contributed by atoms with Crippen molar-refractivity contribution in [3.63, 3.8) is 0 Å². The van der Waals surface area contributed by atoms with Crippen molar-refractivity contribution in [1.82, 2.24) is 19.9 Å². The van der Waals surface area contributed by atoms with E-state index in [4.69, 9.17) is 0 Å². The van der Waals surface area contributed by atoms with Gasteiger partial charge in [0.15, 0.2) is 0 Å². The summed E-state index contributed by atoms with van der Waals surface area (Å²) in [6.07, 6.45) is 2.74. The topological polar surface area (TPSA) is 64.8 Å². The fourth-order valence-electron chi connectivity index (χ4n) is 3.28. The van der Waals surface area contributed by atoms with Gasteiger partial charge in [0.25, 0.3) is 5.56 Å². The lowest BCUT2D eigenvalue weighted by Gasteiger charge is -2.27. The van der Waals surface area contributed by atoms with E-state index in [-0.39, 0.29) is 5.56 Å². The number of rotatable bonds is 2. The monoisotopic (exact) mass is 294 g/mol. The first-order valence-electron chi connectivity index (χ1n) is 7.57. The van der Waals surface area contributed by atoms with Crippen LogP contribution in [0.25, 0.3) is 10.9 Å². The lowest BCUT2D eigenvalue weighted by Crippen LogP contribution is -2.35. The lowest BCUT2D eigenvalue weighted by atomic mass is 10.0. The highest BCUT2D eigenvalue weighted by Crippen LogP contribution is 2.21. The van der Waals surface area contributed by atoms with E-state index in [9.17, 15) is 4.79 Å². The van der Waals surface area contributed by atoms with Gasteiger partial charge in [-0.25, -0.2) is 4.98 Å². The van der Waals surface area contributed by atoms with E-state index in [2.05, 4.69) is 44.1 Å².